The Balaban J connectivity index is 1.23. The number of alkyl halides is 3. The zero-order valence-corrected chi connectivity index (χ0v) is 23.7. The third kappa shape index (κ3) is 5.83. The number of halogens is 4. The SMILES string of the molecule is CC1(C)OCC(COc2ccc(NC(=O)N3c4nc(-c5cccc(C(F)(F)F)c5)c(Cl)cc4N4CCC[C@H]3C4)cn2)O1. The van der Waals surface area contributed by atoms with Crippen LogP contribution in [0, 0.1) is 0 Å². The number of pyridine rings is 2. The number of urea groups is 1. The summed E-state index contributed by atoms with van der Waals surface area (Å²) in [4.78, 5) is 26.3. The number of anilines is 3. The molecule has 0 spiro atoms. The van der Waals surface area contributed by atoms with E-state index in [1.54, 1.807) is 23.1 Å². The summed E-state index contributed by atoms with van der Waals surface area (Å²) >= 11 is 6.57. The molecule has 2 fully saturated rings. The summed E-state index contributed by atoms with van der Waals surface area (Å²) in [7, 11) is 0. The van der Waals surface area contributed by atoms with E-state index < -0.39 is 23.6 Å². The maximum atomic E-state index is 13.7. The van der Waals surface area contributed by atoms with Crippen LogP contribution in [0.1, 0.15) is 32.3 Å². The maximum Gasteiger partial charge on any atom is 0.416 e. The second-order valence-electron chi connectivity index (χ2n) is 10.9. The molecule has 2 saturated heterocycles. The van der Waals surface area contributed by atoms with Gasteiger partial charge in [0, 0.05) is 24.7 Å². The molecule has 2 amide bonds. The quantitative estimate of drug-likeness (QED) is 0.363. The molecule has 0 aliphatic carbocycles. The van der Waals surface area contributed by atoms with Crippen LogP contribution in [0.15, 0.2) is 48.7 Å². The molecule has 3 aliphatic heterocycles. The molecule has 2 atom stereocenters. The first-order chi connectivity index (χ1) is 20.0. The van der Waals surface area contributed by atoms with Gasteiger partial charge in [-0.3, -0.25) is 4.90 Å². The molecule has 5 heterocycles. The van der Waals surface area contributed by atoms with E-state index in [2.05, 4.69) is 20.2 Å². The van der Waals surface area contributed by atoms with Gasteiger partial charge in [-0.05, 0) is 51.0 Å². The molecule has 222 valence electrons. The summed E-state index contributed by atoms with van der Waals surface area (Å²) in [6.07, 6.45) is -1.62. The summed E-state index contributed by atoms with van der Waals surface area (Å²) in [5.41, 5.74) is 0.676. The molecule has 1 unspecified atom stereocenters. The van der Waals surface area contributed by atoms with Gasteiger partial charge in [-0.25, -0.2) is 14.8 Å². The van der Waals surface area contributed by atoms with Gasteiger partial charge in [0.05, 0.1) is 46.5 Å². The number of carbonyl (C=O) groups is 1. The van der Waals surface area contributed by atoms with E-state index in [1.807, 2.05) is 13.8 Å². The number of carbonyl (C=O) groups excluding carboxylic acids is 1. The number of aromatic nitrogens is 2. The van der Waals surface area contributed by atoms with Crippen LogP contribution in [0.2, 0.25) is 5.02 Å². The Morgan fingerprint density at radius 3 is 2.79 bits per heavy atom. The summed E-state index contributed by atoms with van der Waals surface area (Å²) in [6.45, 7) is 5.73. The minimum atomic E-state index is -4.52. The molecule has 6 rings (SSSR count). The first-order valence-electron chi connectivity index (χ1n) is 13.6. The van der Waals surface area contributed by atoms with Crippen molar-refractivity contribution in [3.63, 3.8) is 0 Å². The van der Waals surface area contributed by atoms with Gasteiger partial charge in [0.1, 0.15) is 12.7 Å². The van der Waals surface area contributed by atoms with Crippen LogP contribution in [0.4, 0.5) is 35.2 Å². The number of piperidine rings is 1. The van der Waals surface area contributed by atoms with Crippen LogP contribution in [-0.4, -0.2) is 60.2 Å². The third-order valence-electron chi connectivity index (χ3n) is 7.42. The molecule has 42 heavy (non-hydrogen) atoms. The second-order valence-corrected chi connectivity index (χ2v) is 11.3. The Labute approximate surface area is 245 Å². The number of nitrogens with zero attached hydrogens (tertiary/aromatic N) is 4. The van der Waals surface area contributed by atoms with Gasteiger partial charge in [-0.2, -0.15) is 13.2 Å². The summed E-state index contributed by atoms with van der Waals surface area (Å²) in [5, 5.41) is 3.08. The first-order valence-corrected chi connectivity index (χ1v) is 14.0. The van der Waals surface area contributed by atoms with Crippen molar-refractivity contribution in [1.29, 1.82) is 0 Å². The van der Waals surface area contributed by atoms with Crippen LogP contribution in [0.25, 0.3) is 11.3 Å². The lowest BCUT2D eigenvalue weighted by Crippen LogP contribution is -2.56. The average molecular weight is 604 g/mol. The monoisotopic (exact) mass is 603 g/mol. The van der Waals surface area contributed by atoms with Gasteiger partial charge >= 0.3 is 12.2 Å². The van der Waals surface area contributed by atoms with E-state index in [0.717, 1.165) is 31.5 Å². The first kappa shape index (κ1) is 28.5. The van der Waals surface area contributed by atoms with Crippen molar-refractivity contribution in [3.05, 3.63) is 59.2 Å². The van der Waals surface area contributed by atoms with E-state index in [0.29, 0.717) is 36.2 Å². The molecule has 3 aliphatic rings. The topological polar surface area (TPSA) is 89.1 Å². The predicted octanol–water partition coefficient (Wildman–Crippen LogP) is 6.37. The zero-order chi connectivity index (χ0) is 29.6. The van der Waals surface area contributed by atoms with E-state index in [9.17, 15) is 18.0 Å². The lowest BCUT2D eigenvalue weighted by molar-refractivity contribution is -0.141. The molecule has 0 saturated carbocycles. The lowest BCUT2D eigenvalue weighted by atomic mass is 9.99. The van der Waals surface area contributed by atoms with Crippen molar-refractivity contribution >= 4 is 34.8 Å². The lowest BCUT2D eigenvalue weighted by Gasteiger charge is -2.46. The van der Waals surface area contributed by atoms with E-state index in [4.69, 9.17) is 25.8 Å². The number of rotatable bonds is 5. The van der Waals surface area contributed by atoms with E-state index >= 15 is 0 Å². The summed E-state index contributed by atoms with van der Waals surface area (Å²) in [5.74, 6) is 0.0657. The number of nitrogens with one attached hydrogen (secondary N) is 1. The Morgan fingerprint density at radius 1 is 1.24 bits per heavy atom. The standard InChI is InChI=1S/C29H29ClF3N5O4/c1-28(2)41-16-21(42-28)15-40-24-9-8-19(13-34-24)35-27(39)38-20-7-4-10-37(14-20)23-12-22(30)25(36-26(23)38)17-5-3-6-18(11-17)29(31,32)33/h3,5-6,8-9,11-13,20-21H,4,7,10,14-16H2,1-2H3,(H,35,39)/t20-,21?/m0/s1. The molecule has 2 aromatic heterocycles. The highest BCUT2D eigenvalue weighted by molar-refractivity contribution is 6.33. The zero-order valence-electron chi connectivity index (χ0n) is 22.9. The highest BCUT2D eigenvalue weighted by atomic mass is 35.5. The second kappa shape index (κ2) is 10.9. The smallest absolute Gasteiger partial charge is 0.416 e. The molecule has 9 nitrogen and oxygen atoms in total. The van der Waals surface area contributed by atoms with E-state index in [-0.39, 0.29) is 35.0 Å². The largest absolute Gasteiger partial charge is 0.475 e. The van der Waals surface area contributed by atoms with Gasteiger partial charge in [0.25, 0.3) is 0 Å². The van der Waals surface area contributed by atoms with Crippen LogP contribution in [0.5, 0.6) is 5.88 Å². The molecule has 0 radical (unpaired) electrons. The molecule has 3 aromatic rings. The molecule has 1 N–H and O–H groups in total. The molecule has 13 heteroatoms. The molecule has 1 aromatic carbocycles. The Bertz CT molecular complexity index is 1490. The number of ether oxygens (including phenoxy) is 3. The number of benzene rings is 1. The molecule has 2 bridgehead atoms. The minimum Gasteiger partial charge on any atom is -0.475 e. The van der Waals surface area contributed by atoms with Gasteiger partial charge in [-0.1, -0.05) is 23.7 Å². The minimum absolute atomic E-state index is 0.170. The highest BCUT2D eigenvalue weighted by Crippen LogP contribution is 2.43. The Morgan fingerprint density at radius 2 is 2.07 bits per heavy atom. The van der Waals surface area contributed by atoms with Crippen molar-refractivity contribution in [3.8, 4) is 17.1 Å². The van der Waals surface area contributed by atoms with Crippen LogP contribution >= 0.6 is 11.6 Å². The summed E-state index contributed by atoms with van der Waals surface area (Å²) < 4.78 is 57.2. The average Bonchev–Trinajstić information content (AvgIpc) is 3.31. The van der Waals surface area contributed by atoms with Crippen LogP contribution in [0.3, 0.4) is 0 Å². The van der Waals surface area contributed by atoms with Crippen molar-refractivity contribution in [2.45, 2.75) is 50.8 Å². The molecular weight excluding hydrogens is 575 g/mol. The number of hydrogen-bond donors (Lipinski definition) is 1. The number of fused-ring (bicyclic) bond motifs is 4. The van der Waals surface area contributed by atoms with Crippen molar-refractivity contribution in [2.24, 2.45) is 0 Å². The van der Waals surface area contributed by atoms with Gasteiger partial charge in [0.15, 0.2) is 11.6 Å². The van der Waals surface area contributed by atoms with Gasteiger partial charge in [-0.15, -0.1) is 0 Å². The molecular formula is C29H29ClF3N5O4. The van der Waals surface area contributed by atoms with Crippen molar-refractivity contribution in [1.82, 2.24) is 9.97 Å². The Hall–Kier alpha value is -3.61. The predicted molar refractivity (Wildman–Crippen MR) is 151 cm³/mol. The van der Waals surface area contributed by atoms with Gasteiger partial charge in [0.2, 0.25) is 5.88 Å². The van der Waals surface area contributed by atoms with E-state index in [1.165, 1.54) is 18.3 Å². The fraction of sp³-hybridized carbons (Fsp3) is 0.414. The van der Waals surface area contributed by atoms with Crippen molar-refractivity contribution < 1.29 is 32.2 Å². The van der Waals surface area contributed by atoms with Crippen molar-refractivity contribution in [2.75, 3.05) is 41.4 Å². The van der Waals surface area contributed by atoms with Gasteiger partial charge < -0.3 is 24.4 Å². The van der Waals surface area contributed by atoms with Crippen LogP contribution in [-0.2, 0) is 15.7 Å². The fourth-order valence-corrected chi connectivity index (χ4v) is 5.75. The summed E-state index contributed by atoms with van der Waals surface area (Å²) in [6, 6.07) is 9.23. The highest BCUT2D eigenvalue weighted by Gasteiger charge is 2.39. The maximum absolute atomic E-state index is 13.7. The number of amides is 2. The number of hydrogen-bond acceptors (Lipinski definition) is 7. The third-order valence-corrected chi connectivity index (χ3v) is 7.71. The Kier molecular flexibility index (Phi) is 7.40. The normalized spacial score (nSPS) is 21.2. The van der Waals surface area contributed by atoms with Crippen LogP contribution < -0.4 is 19.9 Å². The fourth-order valence-electron chi connectivity index (χ4n) is 5.49.